The molecule has 4 rings (SSSR count). The molecule has 35 heavy (non-hydrogen) atoms. The molecule has 0 radical (unpaired) electrons. The summed E-state index contributed by atoms with van der Waals surface area (Å²) in [7, 11) is 0. The molecule has 2 N–H and O–H groups in total. The zero-order valence-corrected chi connectivity index (χ0v) is 20.2. The second kappa shape index (κ2) is 11.3. The normalized spacial score (nSPS) is 11.0. The number of amides is 1. The van der Waals surface area contributed by atoms with E-state index in [1.807, 2.05) is 73.0 Å². The molecule has 0 bridgehead atoms. The fourth-order valence-corrected chi connectivity index (χ4v) is 4.06. The van der Waals surface area contributed by atoms with Crippen molar-refractivity contribution in [3.63, 3.8) is 0 Å². The highest BCUT2D eigenvalue weighted by Crippen LogP contribution is 2.29. The van der Waals surface area contributed by atoms with Crippen molar-refractivity contribution >= 4 is 23.9 Å². The van der Waals surface area contributed by atoms with Crippen LogP contribution < -0.4 is 10.2 Å². The lowest BCUT2D eigenvalue weighted by molar-refractivity contribution is -0.118. The Bertz CT molecular complexity index is 1320. The van der Waals surface area contributed by atoms with E-state index in [-0.39, 0.29) is 17.4 Å². The van der Waals surface area contributed by atoms with Crippen LogP contribution in [0.2, 0.25) is 0 Å². The molecule has 0 aliphatic heterocycles. The first-order valence-corrected chi connectivity index (χ1v) is 12.0. The van der Waals surface area contributed by atoms with Gasteiger partial charge in [-0.05, 0) is 38.1 Å². The van der Waals surface area contributed by atoms with E-state index in [9.17, 15) is 9.90 Å². The van der Waals surface area contributed by atoms with E-state index in [1.54, 1.807) is 18.2 Å². The predicted molar refractivity (Wildman–Crippen MR) is 137 cm³/mol. The van der Waals surface area contributed by atoms with Gasteiger partial charge in [0.15, 0.2) is 22.5 Å². The van der Waals surface area contributed by atoms with E-state index in [4.69, 9.17) is 4.74 Å². The quantitative estimate of drug-likeness (QED) is 0.203. The number of hydrogen-bond donors (Lipinski definition) is 2. The Morgan fingerprint density at radius 3 is 2.60 bits per heavy atom. The van der Waals surface area contributed by atoms with Crippen molar-refractivity contribution in [1.29, 1.82) is 0 Å². The summed E-state index contributed by atoms with van der Waals surface area (Å²) in [5.41, 5.74) is 5.91. The van der Waals surface area contributed by atoms with E-state index < -0.39 is 0 Å². The van der Waals surface area contributed by atoms with E-state index in [0.717, 1.165) is 16.8 Å². The second-order valence-corrected chi connectivity index (χ2v) is 8.49. The van der Waals surface area contributed by atoms with E-state index in [1.165, 1.54) is 18.0 Å². The van der Waals surface area contributed by atoms with Crippen LogP contribution in [0.5, 0.6) is 11.5 Å². The van der Waals surface area contributed by atoms with Crippen molar-refractivity contribution in [2.45, 2.75) is 19.0 Å². The van der Waals surface area contributed by atoms with Crippen molar-refractivity contribution in [3.05, 3.63) is 83.9 Å². The number of ether oxygens (including phenoxy) is 1. The summed E-state index contributed by atoms with van der Waals surface area (Å²) in [6.45, 7) is 4.29. The number of carbonyl (C=O) groups is 1. The van der Waals surface area contributed by atoms with E-state index in [0.29, 0.717) is 28.9 Å². The molecule has 0 atom stereocenters. The maximum Gasteiger partial charge on any atom is 0.250 e. The number of aromatic nitrogens is 3. The number of para-hydroxylation sites is 1. The number of phenols is 1. The summed E-state index contributed by atoms with van der Waals surface area (Å²) in [5.74, 6) is 0.803. The molecule has 0 saturated heterocycles. The van der Waals surface area contributed by atoms with Gasteiger partial charge in [0.2, 0.25) is 0 Å². The number of hydrazone groups is 1. The monoisotopic (exact) mass is 487 g/mol. The SMILES string of the molecule is CCOc1cccc(/C=N/NC(=O)CSc2nnc(-c3ccccc3)n2-c2ccc(C)cc2)c1O. The third-order valence-electron chi connectivity index (χ3n) is 5.01. The highest BCUT2D eigenvalue weighted by atomic mass is 32.2. The Labute approximate surface area is 207 Å². The zero-order chi connectivity index (χ0) is 24.6. The summed E-state index contributed by atoms with van der Waals surface area (Å²) >= 11 is 1.26. The average Bonchev–Trinajstić information content (AvgIpc) is 3.30. The predicted octanol–water partition coefficient (Wildman–Crippen LogP) is 4.59. The summed E-state index contributed by atoms with van der Waals surface area (Å²) in [6, 6.07) is 22.9. The molecule has 1 heterocycles. The van der Waals surface area contributed by atoms with E-state index >= 15 is 0 Å². The molecular weight excluding hydrogens is 462 g/mol. The van der Waals surface area contributed by atoms with Crippen LogP contribution >= 0.6 is 11.8 Å². The first kappa shape index (κ1) is 24.0. The molecule has 0 aliphatic carbocycles. The maximum atomic E-state index is 12.4. The highest BCUT2D eigenvalue weighted by Gasteiger charge is 2.17. The maximum absolute atomic E-state index is 12.4. The molecule has 1 aromatic heterocycles. The van der Waals surface area contributed by atoms with Gasteiger partial charge in [-0.3, -0.25) is 9.36 Å². The zero-order valence-electron chi connectivity index (χ0n) is 19.4. The van der Waals surface area contributed by atoms with Gasteiger partial charge in [0, 0.05) is 16.8 Å². The number of hydrogen-bond acceptors (Lipinski definition) is 7. The summed E-state index contributed by atoms with van der Waals surface area (Å²) < 4.78 is 7.30. The minimum absolute atomic E-state index is 0.0265. The number of aromatic hydroxyl groups is 1. The lowest BCUT2D eigenvalue weighted by Gasteiger charge is -2.10. The fourth-order valence-electron chi connectivity index (χ4n) is 3.32. The number of aryl methyl sites for hydroxylation is 1. The van der Waals surface area contributed by atoms with Crippen molar-refractivity contribution in [2.75, 3.05) is 12.4 Å². The largest absolute Gasteiger partial charge is 0.504 e. The third-order valence-corrected chi connectivity index (χ3v) is 5.94. The van der Waals surface area contributed by atoms with Gasteiger partial charge in [0.25, 0.3) is 5.91 Å². The lowest BCUT2D eigenvalue weighted by Crippen LogP contribution is -2.20. The number of thioether (sulfide) groups is 1. The molecule has 0 unspecified atom stereocenters. The molecule has 1 amide bonds. The van der Waals surface area contributed by atoms with Crippen molar-refractivity contribution in [3.8, 4) is 28.6 Å². The van der Waals surface area contributed by atoms with Crippen molar-refractivity contribution in [2.24, 2.45) is 5.10 Å². The van der Waals surface area contributed by atoms with Crippen LogP contribution in [0.4, 0.5) is 0 Å². The smallest absolute Gasteiger partial charge is 0.250 e. The van der Waals surface area contributed by atoms with Crippen molar-refractivity contribution < 1.29 is 14.6 Å². The number of carbonyl (C=O) groups excluding carboxylic acids is 1. The van der Waals surface area contributed by atoms with Crippen LogP contribution in [0.3, 0.4) is 0 Å². The summed E-state index contributed by atoms with van der Waals surface area (Å²) in [4.78, 5) is 12.4. The molecule has 4 aromatic rings. The molecule has 0 spiro atoms. The van der Waals surface area contributed by atoms with Crippen LogP contribution in [-0.4, -0.2) is 44.4 Å². The topological polar surface area (TPSA) is 102 Å². The van der Waals surface area contributed by atoms with Crippen LogP contribution in [0.15, 0.2) is 83.1 Å². The molecule has 8 nitrogen and oxygen atoms in total. The van der Waals surface area contributed by atoms with Gasteiger partial charge in [-0.25, -0.2) is 5.43 Å². The fraction of sp³-hybridized carbons (Fsp3) is 0.154. The van der Waals surface area contributed by atoms with Crippen LogP contribution in [0, 0.1) is 6.92 Å². The Hall–Kier alpha value is -4.11. The van der Waals surface area contributed by atoms with Gasteiger partial charge in [-0.2, -0.15) is 5.10 Å². The van der Waals surface area contributed by atoms with Crippen molar-refractivity contribution in [1.82, 2.24) is 20.2 Å². The molecule has 9 heteroatoms. The Morgan fingerprint density at radius 1 is 1.09 bits per heavy atom. The number of phenolic OH excluding ortho intramolecular Hbond substituents is 1. The third kappa shape index (κ3) is 5.88. The average molecular weight is 488 g/mol. The Kier molecular flexibility index (Phi) is 7.79. The molecule has 0 aliphatic rings. The Morgan fingerprint density at radius 2 is 1.86 bits per heavy atom. The van der Waals surface area contributed by atoms with Crippen LogP contribution in [0.25, 0.3) is 17.1 Å². The first-order chi connectivity index (χ1) is 17.1. The summed E-state index contributed by atoms with van der Waals surface area (Å²) in [5, 5.41) is 23.5. The van der Waals surface area contributed by atoms with Gasteiger partial charge >= 0.3 is 0 Å². The van der Waals surface area contributed by atoms with Gasteiger partial charge in [0.05, 0.1) is 18.6 Å². The molecule has 0 fully saturated rings. The van der Waals surface area contributed by atoms with Gasteiger partial charge in [0.1, 0.15) is 0 Å². The number of nitrogens with one attached hydrogen (secondary N) is 1. The molecular formula is C26H25N5O3S. The number of benzene rings is 3. The number of rotatable bonds is 9. The number of nitrogens with zero attached hydrogens (tertiary/aromatic N) is 4. The Balaban J connectivity index is 1.47. The summed E-state index contributed by atoms with van der Waals surface area (Å²) in [6.07, 6.45) is 1.38. The minimum atomic E-state index is -0.314. The first-order valence-electron chi connectivity index (χ1n) is 11.0. The van der Waals surface area contributed by atoms with Crippen LogP contribution in [0.1, 0.15) is 18.1 Å². The van der Waals surface area contributed by atoms with E-state index in [2.05, 4.69) is 20.7 Å². The second-order valence-electron chi connectivity index (χ2n) is 7.55. The van der Waals surface area contributed by atoms with Gasteiger partial charge < -0.3 is 9.84 Å². The molecule has 178 valence electrons. The lowest BCUT2D eigenvalue weighted by atomic mass is 10.2. The highest BCUT2D eigenvalue weighted by molar-refractivity contribution is 7.99. The molecule has 0 saturated carbocycles. The van der Waals surface area contributed by atoms with Crippen LogP contribution in [-0.2, 0) is 4.79 Å². The van der Waals surface area contributed by atoms with Gasteiger partial charge in [-0.15, -0.1) is 10.2 Å². The minimum Gasteiger partial charge on any atom is -0.504 e. The van der Waals surface area contributed by atoms with Gasteiger partial charge in [-0.1, -0.05) is 65.9 Å². The molecule has 3 aromatic carbocycles. The standard InChI is InChI=1S/C26H25N5O3S/c1-3-34-22-11-7-10-20(24(22)33)16-27-28-23(32)17-35-26-30-29-25(19-8-5-4-6-9-19)31(26)21-14-12-18(2)13-15-21/h4-16,33H,3,17H2,1-2H3,(H,28,32)/b27-16+.